The van der Waals surface area contributed by atoms with Gasteiger partial charge < -0.3 is 18.8 Å². The van der Waals surface area contributed by atoms with Crippen molar-refractivity contribution < 1.29 is 13.9 Å². The van der Waals surface area contributed by atoms with Gasteiger partial charge in [0.05, 0.1) is 28.1 Å². The minimum atomic E-state index is -0.112. The molecule has 2 aliphatic carbocycles. The third-order valence-electron chi connectivity index (χ3n) is 10.9. The monoisotopic (exact) mass is 648 g/mol. The molecule has 5 heteroatoms. The van der Waals surface area contributed by atoms with Crippen LogP contribution in [0.1, 0.15) is 37.8 Å². The normalized spacial score (nSPS) is 15.9. The second kappa shape index (κ2) is 9.93. The number of ether oxygens (including phenoxy) is 2. The number of hydrogen-bond acceptors (Lipinski definition) is 5. The van der Waals surface area contributed by atoms with Gasteiger partial charge in [-0.2, -0.15) is 0 Å². The van der Waals surface area contributed by atoms with Gasteiger partial charge in [-0.15, -0.1) is 0 Å². The molecular weight excluding hydrogens is 617 g/mol. The van der Waals surface area contributed by atoms with Gasteiger partial charge >= 0.3 is 0 Å². The van der Waals surface area contributed by atoms with Gasteiger partial charge in [-0.3, -0.25) is 4.90 Å². The Hall–Kier alpha value is -6.20. The summed E-state index contributed by atoms with van der Waals surface area (Å²) < 4.78 is 19.9. The number of anilines is 6. The largest absolute Gasteiger partial charge is 0.456 e. The molecule has 0 amide bonds. The molecule has 7 aromatic rings. The minimum Gasteiger partial charge on any atom is -0.456 e. The van der Waals surface area contributed by atoms with Crippen LogP contribution in [0.4, 0.5) is 34.1 Å². The minimum absolute atomic E-state index is 0.112. The maximum atomic E-state index is 6.73. The molecule has 2 aliphatic heterocycles. The van der Waals surface area contributed by atoms with Gasteiger partial charge in [0.2, 0.25) is 0 Å². The van der Waals surface area contributed by atoms with Gasteiger partial charge in [-0.25, -0.2) is 0 Å². The lowest BCUT2D eigenvalue weighted by Crippen LogP contribution is -2.21. The van der Waals surface area contributed by atoms with Crippen molar-refractivity contribution in [1.82, 2.24) is 0 Å². The highest BCUT2D eigenvalue weighted by molar-refractivity contribution is 6.13. The Morgan fingerprint density at radius 3 is 2.14 bits per heavy atom. The summed E-state index contributed by atoms with van der Waals surface area (Å²) in [6.07, 6.45) is 6.83. The summed E-state index contributed by atoms with van der Waals surface area (Å²) in [6, 6.07) is 42.3. The van der Waals surface area contributed by atoms with E-state index >= 15 is 0 Å². The van der Waals surface area contributed by atoms with E-state index in [1.165, 1.54) is 22.3 Å². The molecule has 0 spiro atoms. The Morgan fingerprint density at radius 1 is 0.660 bits per heavy atom. The van der Waals surface area contributed by atoms with Crippen molar-refractivity contribution in [2.45, 2.75) is 32.1 Å². The predicted octanol–water partition coefficient (Wildman–Crippen LogP) is 13.1. The van der Waals surface area contributed by atoms with Crippen LogP contribution >= 0.6 is 0 Å². The van der Waals surface area contributed by atoms with Crippen molar-refractivity contribution in [2.24, 2.45) is 0 Å². The van der Waals surface area contributed by atoms with Gasteiger partial charge in [-0.05, 0) is 89.7 Å². The Balaban J connectivity index is 1.18. The van der Waals surface area contributed by atoms with Gasteiger partial charge in [0.1, 0.15) is 16.9 Å². The molecule has 0 radical (unpaired) electrons. The molecule has 6 aromatic carbocycles. The number of nitrogens with zero attached hydrogens (tertiary/aromatic N) is 2. The smallest absolute Gasteiger partial charge is 0.157 e. The fourth-order valence-electron chi connectivity index (χ4n) is 8.63. The lowest BCUT2D eigenvalue weighted by atomic mass is 9.80. The number of fused-ring (bicyclic) bond motifs is 9. The van der Waals surface area contributed by atoms with E-state index in [0.29, 0.717) is 0 Å². The Morgan fingerprint density at radius 2 is 1.36 bits per heavy atom. The van der Waals surface area contributed by atoms with Crippen molar-refractivity contribution >= 4 is 61.6 Å². The molecule has 3 heterocycles. The second-order valence-corrected chi connectivity index (χ2v) is 14.0. The fourth-order valence-corrected chi connectivity index (χ4v) is 8.63. The molecule has 50 heavy (non-hydrogen) atoms. The molecule has 4 aliphatic rings. The molecule has 0 saturated heterocycles. The summed E-state index contributed by atoms with van der Waals surface area (Å²) in [5.41, 5.74) is 13.1. The first-order valence-corrected chi connectivity index (χ1v) is 17.3. The average Bonchev–Trinajstić information content (AvgIpc) is 3.64. The van der Waals surface area contributed by atoms with Crippen LogP contribution in [0.25, 0.3) is 27.5 Å². The molecule has 11 rings (SSSR count). The van der Waals surface area contributed by atoms with E-state index in [1.54, 1.807) is 0 Å². The van der Waals surface area contributed by atoms with E-state index in [4.69, 9.17) is 13.9 Å². The van der Waals surface area contributed by atoms with Crippen LogP contribution in [0, 0.1) is 0 Å². The fraction of sp³-hybridized carbons (Fsp3) is 0.111. The van der Waals surface area contributed by atoms with Crippen molar-refractivity contribution in [3.63, 3.8) is 0 Å². The number of furan rings is 1. The summed E-state index contributed by atoms with van der Waals surface area (Å²) in [5, 5.41) is 2.14. The summed E-state index contributed by atoms with van der Waals surface area (Å²) in [4.78, 5) is 4.62. The first-order chi connectivity index (χ1) is 24.5. The maximum absolute atomic E-state index is 6.73. The van der Waals surface area contributed by atoms with Crippen molar-refractivity contribution in [1.29, 1.82) is 0 Å². The summed E-state index contributed by atoms with van der Waals surface area (Å²) >= 11 is 0. The standard InChI is InChI=1S/C45H32N2O3/c1-45(2)32-14-5-3-12-29(32)30-23-22-27(24-33(30)45)46(36-17-11-21-40-43(36)31-13-4-8-18-37(31)48-40)28-25-41-44-42(26-28)50-39-20-10-7-16-35(39)47(44)34-15-6-9-19-38(34)49-41/h4-11,13-26H,3,12H2,1-2H3. The first-order valence-electron chi connectivity index (χ1n) is 17.3. The van der Waals surface area contributed by atoms with E-state index in [0.717, 1.165) is 91.9 Å². The number of para-hydroxylation sites is 5. The summed E-state index contributed by atoms with van der Waals surface area (Å²) in [6.45, 7) is 4.72. The predicted molar refractivity (Wildman–Crippen MR) is 202 cm³/mol. The Bertz CT molecular complexity index is 2590. The SMILES string of the molecule is CC1(C)C2=C(CCC=C2)c2ccc(N(c3cc4c5c(c3)Oc3ccccc3N5c3ccccc3O4)c3cccc4oc5ccccc5c34)cc21. The van der Waals surface area contributed by atoms with Crippen LogP contribution in [0.3, 0.4) is 0 Å². The van der Waals surface area contributed by atoms with Crippen LogP contribution in [0.5, 0.6) is 23.0 Å². The number of hydrogen-bond donors (Lipinski definition) is 0. The van der Waals surface area contributed by atoms with Crippen LogP contribution < -0.4 is 19.3 Å². The van der Waals surface area contributed by atoms with Gasteiger partial charge in [0, 0.05) is 28.6 Å². The highest BCUT2D eigenvalue weighted by Gasteiger charge is 2.39. The highest BCUT2D eigenvalue weighted by Crippen LogP contribution is 2.61. The molecule has 0 bridgehead atoms. The zero-order chi connectivity index (χ0) is 33.1. The van der Waals surface area contributed by atoms with Crippen molar-refractivity contribution in [3.8, 4) is 23.0 Å². The zero-order valence-electron chi connectivity index (χ0n) is 27.7. The second-order valence-electron chi connectivity index (χ2n) is 14.0. The van der Waals surface area contributed by atoms with Crippen molar-refractivity contribution in [2.75, 3.05) is 9.80 Å². The van der Waals surface area contributed by atoms with E-state index in [9.17, 15) is 0 Å². The van der Waals surface area contributed by atoms with Crippen molar-refractivity contribution in [3.05, 3.63) is 150 Å². The lowest BCUT2D eigenvalue weighted by Gasteiger charge is -2.39. The maximum Gasteiger partial charge on any atom is 0.157 e. The van der Waals surface area contributed by atoms with E-state index in [2.05, 4.69) is 121 Å². The number of rotatable bonds is 3. The molecule has 0 fully saturated rings. The molecule has 1 aromatic heterocycles. The lowest BCUT2D eigenvalue weighted by molar-refractivity contribution is 0.446. The topological polar surface area (TPSA) is 38.1 Å². The zero-order valence-corrected chi connectivity index (χ0v) is 27.7. The van der Waals surface area contributed by atoms with E-state index < -0.39 is 0 Å². The number of allylic oxidation sites excluding steroid dienone is 4. The van der Waals surface area contributed by atoms with Gasteiger partial charge in [0.25, 0.3) is 0 Å². The van der Waals surface area contributed by atoms with Crippen LogP contribution in [-0.2, 0) is 5.41 Å². The molecule has 0 unspecified atom stereocenters. The molecule has 0 saturated carbocycles. The van der Waals surface area contributed by atoms with Crippen LogP contribution in [0.15, 0.2) is 143 Å². The Labute approximate surface area is 289 Å². The third kappa shape index (κ3) is 3.72. The number of benzene rings is 6. The average molecular weight is 649 g/mol. The highest BCUT2D eigenvalue weighted by atomic mass is 16.5. The molecular formula is C45H32N2O3. The summed E-state index contributed by atoms with van der Waals surface area (Å²) in [7, 11) is 0. The quantitative estimate of drug-likeness (QED) is 0.191. The van der Waals surface area contributed by atoms with Gasteiger partial charge in [0.15, 0.2) is 23.0 Å². The molecule has 0 N–H and O–H groups in total. The van der Waals surface area contributed by atoms with E-state index in [-0.39, 0.29) is 5.41 Å². The molecule has 0 atom stereocenters. The van der Waals surface area contributed by atoms with E-state index in [1.807, 2.05) is 36.4 Å². The first kappa shape index (κ1) is 27.7. The Kier molecular flexibility index (Phi) is 5.50. The van der Waals surface area contributed by atoms with Gasteiger partial charge in [-0.1, -0.05) is 80.6 Å². The third-order valence-corrected chi connectivity index (χ3v) is 10.9. The summed E-state index contributed by atoms with van der Waals surface area (Å²) in [5.74, 6) is 3.09. The van der Waals surface area contributed by atoms with Crippen LogP contribution in [0.2, 0.25) is 0 Å². The van der Waals surface area contributed by atoms with Crippen LogP contribution in [-0.4, -0.2) is 0 Å². The molecule has 5 nitrogen and oxygen atoms in total. The molecule has 240 valence electrons.